The monoisotopic (exact) mass is 369 g/mol. The predicted molar refractivity (Wildman–Crippen MR) is 107 cm³/mol. The number of amides is 2. The second-order valence-corrected chi connectivity index (χ2v) is 6.79. The normalized spacial score (nSPS) is 12.9. The molecule has 1 aromatic carbocycles. The Hall–Kier alpha value is -3.72. The van der Waals surface area contributed by atoms with Crippen LogP contribution in [0.15, 0.2) is 55.0 Å². The number of nitrogens with zero attached hydrogens (tertiary/aromatic N) is 4. The number of pyridine rings is 2. The van der Waals surface area contributed by atoms with E-state index in [2.05, 4.69) is 28.2 Å². The van der Waals surface area contributed by atoms with E-state index in [1.807, 2.05) is 36.7 Å². The highest BCUT2D eigenvalue weighted by Crippen LogP contribution is 2.30. The fraction of sp³-hybridized carbons (Fsp3) is 0.182. The van der Waals surface area contributed by atoms with Crippen LogP contribution >= 0.6 is 0 Å². The van der Waals surface area contributed by atoms with Crippen LogP contribution < -0.4 is 10.6 Å². The number of nitrogens with two attached hydrogens (primary N) is 1. The molecule has 3 heterocycles. The fourth-order valence-electron chi connectivity index (χ4n) is 3.50. The molecule has 0 spiro atoms. The maximum Gasteiger partial charge on any atom is 0.320 e. The number of carbonyl (C=O) groups excluding carboxylic acids is 1. The Morgan fingerprint density at radius 1 is 1.07 bits per heavy atom. The highest BCUT2D eigenvalue weighted by Gasteiger charge is 2.22. The van der Waals surface area contributed by atoms with Crippen LogP contribution in [0.5, 0.6) is 0 Å². The maximum atomic E-state index is 11.6. The van der Waals surface area contributed by atoms with Crippen LogP contribution in [0.1, 0.15) is 17.5 Å². The van der Waals surface area contributed by atoms with Crippen LogP contribution in [0, 0.1) is 11.3 Å². The molecule has 0 unspecified atom stereocenters. The van der Waals surface area contributed by atoms with Gasteiger partial charge in [0.2, 0.25) is 0 Å². The van der Waals surface area contributed by atoms with Crippen LogP contribution in [0.25, 0.3) is 22.3 Å². The van der Waals surface area contributed by atoms with Crippen LogP contribution in [0.4, 0.5) is 10.6 Å². The van der Waals surface area contributed by atoms with Gasteiger partial charge in [-0.15, -0.1) is 0 Å². The van der Waals surface area contributed by atoms with Gasteiger partial charge in [-0.1, -0.05) is 24.3 Å². The van der Waals surface area contributed by atoms with Crippen molar-refractivity contribution < 1.29 is 4.79 Å². The van der Waals surface area contributed by atoms with E-state index in [0.29, 0.717) is 18.8 Å². The van der Waals surface area contributed by atoms with E-state index in [-0.39, 0.29) is 0 Å². The summed E-state index contributed by atoms with van der Waals surface area (Å²) in [5, 5.41) is 8.80. The first-order valence-corrected chi connectivity index (χ1v) is 9.13. The van der Waals surface area contributed by atoms with Crippen molar-refractivity contribution in [2.75, 3.05) is 11.4 Å². The highest BCUT2D eigenvalue weighted by molar-refractivity contribution is 5.91. The molecule has 2 N–H and O–H groups in total. The van der Waals surface area contributed by atoms with Gasteiger partial charge in [0.1, 0.15) is 5.82 Å². The number of benzene rings is 1. The number of primary amides is 1. The molecule has 6 heteroatoms. The Labute approximate surface area is 163 Å². The minimum Gasteiger partial charge on any atom is -0.351 e. The van der Waals surface area contributed by atoms with E-state index in [9.17, 15) is 4.79 Å². The zero-order valence-corrected chi connectivity index (χ0v) is 15.3. The maximum absolute atomic E-state index is 11.6. The number of hydrogen-bond acceptors (Lipinski definition) is 4. The average molecular weight is 369 g/mol. The van der Waals surface area contributed by atoms with Gasteiger partial charge in [0.05, 0.1) is 12.5 Å². The number of anilines is 1. The summed E-state index contributed by atoms with van der Waals surface area (Å²) in [7, 11) is 0. The van der Waals surface area contributed by atoms with Crippen molar-refractivity contribution in [1.82, 2.24) is 9.97 Å². The number of aromatic nitrogens is 2. The third kappa shape index (κ3) is 3.42. The minimum atomic E-state index is -0.468. The number of aryl methyl sites for hydroxylation is 1. The number of hydrogen-bond donors (Lipinski definition) is 1. The lowest BCUT2D eigenvalue weighted by Crippen LogP contribution is -2.40. The number of urea groups is 1. The second-order valence-electron chi connectivity index (χ2n) is 6.79. The van der Waals surface area contributed by atoms with Crippen molar-refractivity contribution in [2.24, 2.45) is 5.73 Å². The summed E-state index contributed by atoms with van der Waals surface area (Å²) in [6, 6.07) is 13.8. The lowest BCUT2D eigenvalue weighted by molar-refractivity contribution is 0.253. The van der Waals surface area contributed by atoms with Gasteiger partial charge in [0.25, 0.3) is 0 Å². The van der Waals surface area contributed by atoms with E-state index in [4.69, 9.17) is 11.0 Å². The van der Waals surface area contributed by atoms with Crippen LogP contribution in [0.3, 0.4) is 0 Å². The van der Waals surface area contributed by atoms with E-state index in [0.717, 1.165) is 46.2 Å². The van der Waals surface area contributed by atoms with Gasteiger partial charge in [0.15, 0.2) is 0 Å². The Morgan fingerprint density at radius 2 is 1.79 bits per heavy atom. The molecule has 0 fully saturated rings. The van der Waals surface area contributed by atoms with Gasteiger partial charge < -0.3 is 5.73 Å². The number of rotatable bonds is 3. The van der Waals surface area contributed by atoms with Gasteiger partial charge >= 0.3 is 6.03 Å². The molecule has 1 aliphatic rings. The first-order chi connectivity index (χ1) is 13.7. The fourth-order valence-corrected chi connectivity index (χ4v) is 3.50. The Balaban J connectivity index is 1.66. The van der Waals surface area contributed by atoms with Gasteiger partial charge in [0, 0.05) is 41.8 Å². The Bertz CT molecular complexity index is 1070. The van der Waals surface area contributed by atoms with Crippen LogP contribution in [-0.2, 0) is 12.8 Å². The lowest BCUT2D eigenvalue weighted by atomic mass is 9.99. The van der Waals surface area contributed by atoms with Gasteiger partial charge in [-0.05, 0) is 41.7 Å². The SMILES string of the molecule is N#CCc1ccc(-c2cncc(-c3cnc4c(c3)CCCN4C(N)=O)c2)cc1. The Kier molecular flexibility index (Phi) is 4.73. The summed E-state index contributed by atoms with van der Waals surface area (Å²) in [4.78, 5) is 22.0. The summed E-state index contributed by atoms with van der Waals surface area (Å²) in [6.45, 7) is 0.605. The molecule has 0 saturated heterocycles. The summed E-state index contributed by atoms with van der Waals surface area (Å²) in [6.07, 6.45) is 7.54. The van der Waals surface area contributed by atoms with E-state index >= 15 is 0 Å². The number of nitriles is 1. The zero-order valence-electron chi connectivity index (χ0n) is 15.3. The van der Waals surface area contributed by atoms with Crippen molar-refractivity contribution in [1.29, 1.82) is 5.26 Å². The molecule has 1 aliphatic heterocycles. The number of carbonyl (C=O) groups is 1. The predicted octanol–water partition coefficient (Wildman–Crippen LogP) is 3.71. The molecule has 0 bridgehead atoms. The third-order valence-corrected chi connectivity index (χ3v) is 4.93. The first kappa shape index (κ1) is 17.7. The molecule has 3 aromatic rings. The summed E-state index contributed by atoms with van der Waals surface area (Å²) < 4.78 is 0. The standard InChI is InChI=1S/C22H19N5O/c23-8-7-15-3-5-16(6-4-15)18-11-19(13-25-12-18)20-10-17-2-1-9-27(22(24)28)21(17)26-14-20/h3-6,10-14H,1-2,7,9H2,(H2,24,28). The second kappa shape index (κ2) is 7.49. The smallest absolute Gasteiger partial charge is 0.320 e. The van der Waals surface area contributed by atoms with Crippen molar-refractivity contribution in [3.8, 4) is 28.3 Å². The molecule has 2 aromatic heterocycles. The van der Waals surface area contributed by atoms with Crippen LogP contribution in [-0.4, -0.2) is 22.5 Å². The molecule has 4 rings (SSSR count). The van der Waals surface area contributed by atoms with Crippen molar-refractivity contribution in [2.45, 2.75) is 19.3 Å². The van der Waals surface area contributed by atoms with Gasteiger partial charge in [-0.25, -0.2) is 9.78 Å². The lowest BCUT2D eigenvalue weighted by Gasteiger charge is -2.26. The quantitative estimate of drug-likeness (QED) is 0.761. The molecule has 2 amide bonds. The molecule has 6 nitrogen and oxygen atoms in total. The average Bonchev–Trinajstić information content (AvgIpc) is 2.73. The van der Waals surface area contributed by atoms with Gasteiger partial charge in [-0.3, -0.25) is 9.88 Å². The minimum absolute atomic E-state index is 0.404. The summed E-state index contributed by atoms with van der Waals surface area (Å²) in [5.41, 5.74) is 11.4. The molecule has 0 radical (unpaired) electrons. The summed E-state index contributed by atoms with van der Waals surface area (Å²) >= 11 is 0. The topological polar surface area (TPSA) is 95.9 Å². The molecule has 138 valence electrons. The number of fused-ring (bicyclic) bond motifs is 1. The molecular weight excluding hydrogens is 350 g/mol. The van der Waals surface area contributed by atoms with Crippen LogP contribution in [0.2, 0.25) is 0 Å². The largest absolute Gasteiger partial charge is 0.351 e. The van der Waals surface area contributed by atoms with E-state index in [1.54, 1.807) is 6.20 Å². The molecule has 0 aliphatic carbocycles. The first-order valence-electron chi connectivity index (χ1n) is 9.13. The zero-order chi connectivity index (χ0) is 19.5. The highest BCUT2D eigenvalue weighted by atomic mass is 16.2. The van der Waals surface area contributed by atoms with Crippen molar-refractivity contribution in [3.63, 3.8) is 0 Å². The molecular formula is C22H19N5O. The van der Waals surface area contributed by atoms with Crippen molar-refractivity contribution >= 4 is 11.8 Å². The van der Waals surface area contributed by atoms with Crippen molar-refractivity contribution in [3.05, 3.63) is 66.1 Å². The Morgan fingerprint density at radius 3 is 2.50 bits per heavy atom. The van der Waals surface area contributed by atoms with Gasteiger partial charge in [-0.2, -0.15) is 5.26 Å². The summed E-state index contributed by atoms with van der Waals surface area (Å²) in [5.74, 6) is 0.652. The molecule has 28 heavy (non-hydrogen) atoms. The molecule has 0 saturated carbocycles. The van der Waals surface area contributed by atoms with E-state index in [1.165, 1.54) is 4.90 Å². The van der Waals surface area contributed by atoms with E-state index < -0.39 is 6.03 Å². The molecule has 0 atom stereocenters. The third-order valence-electron chi connectivity index (χ3n) is 4.93.